The van der Waals surface area contributed by atoms with Crippen LogP contribution in [0.2, 0.25) is 0 Å². The molecule has 0 aliphatic carbocycles. The fraction of sp³-hybridized carbons (Fsp3) is 0.500. The summed E-state index contributed by atoms with van der Waals surface area (Å²) in [4.78, 5) is 12.3. The number of rotatable bonds is 7. The fourth-order valence-electron chi connectivity index (χ4n) is 1.58. The van der Waals surface area contributed by atoms with Gasteiger partial charge in [0.05, 0.1) is 12.9 Å². The molecule has 0 spiro atoms. The number of nitrogens with one attached hydrogen (secondary N) is 1. The number of carbonyl (C=O) groups is 1. The van der Waals surface area contributed by atoms with Gasteiger partial charge in [0.25, 0.3) is 0 Å². The molecule has 0 heterocycles. The third-order valence-electron chi connectivity index (χ3n) is 2.53. The Bertz CT molecular complexity index is 393. The van der Waals surface area contributed by atoms with Crippen LogP contribution in [0.4, 0.5) is 0 Å². The second-order valence-corrected chi connectivity index (χ2v) is 5.17. The van der Waals surface area contributed by atoms with Crippen molar-refractivity contribution >= 4 is 17.7 Å². The highest BCUT2D eigenvalue weighted by Crippen LogP contribution is 2.24. The molecule has 0 aliphatic rings. The number of hydrogen-bond donors (Lipinski definition) is 1. The summed E-state index contributed by atoms with van der Waals surface area (Å²) >= 11 is 1.53. The normalized spacial score (nSPS) is 10.4. The maximum Gasteiger partial charge on any atom is 0.315 e. The lowest BCUT2D eigenvalue weighted by Crippen LogP contribution is -2.14. The molecular formula is C14H21NO2S. The summed E-state index contributed by atoms with van der Waals surface area (Å²) in [5.74, 6) is 0.174. The van der Waals surface area contributed by atoms with Gasteiger partial charge >= 0.3 is 5.97 Å². The van der Waals surface area contributed by atoms with E-state index in [-0.39, 0.29) is 5.97 Å². The van der Waals surface area contributed by atoms with Crippen molar-refractivity contribution in [3.63, 3.8) is 0 Å². The molecule has 0 saturated carbocycles. The number of esters is 1. The lowest BCUT2D eigenvalue weighted by molar-refractivity contribution is -0.137. The molecule has 100 valence electrons. The van der Waals surface area contributed by atoms with Crippen molar-refractivity contribution in [3.05, 3.63) is 29.3 Å². The average Bonchev–Trinajstić information content (AvgIpc) is 2.37. The first-order valence-electron chi connectivity index (χ1n) is 6.17. The van der Waals surface area contributed by atoms with Gasteiger partial charge in [0.15, 0.2) is 0 Å². The molecule has 0 aliphatic heterocycles. The van der Waals surface area contributed by atoms with Crippen molar-refractivity contribution < 1.29 is 9.53 Å². The Morgan fingerprint density at radius 1 is 1.44 bits per heavy atom. The van der Waals surface area contributed by atoms with Crippen molar-refractivity contribution in [3.8, 4) is 0 Å². The van der Waals surface area contributed by atoms with Gasteiger partial charge in [0, 0.05) is 11.4 Å². The smallest absolute Gasteiger partial charge is 0.315 e. The second kappa shape index (κ2) is 8.16. The largest absolute Gasteiger partial charge is 0.468 e. The minimum absolute atomic E-state index is 0.187. The second-order valence-electron chi connectivity index (χ2n) is 4.15. The van der Waals surface area contributed by atoms with Gasteiger partial charge < -0.3 is 10.1 Å². The maximum absolute atomic E-state index is 11.2. The third-order valence-corrected chi connectivity index (χ3v) is 3.62. The van der Waals surface area contributed by atoms with Gasteiger partial charge in [-0.15, -0.1) is 11.8 Å². The summed E-state index contributed by atoms with van der Waals surface area (Å²) < 4.78 is 4.66. The Morgan fingerprint density at radius 3 is 2.89 bits per heavy atom. The average molecular weight is 267 g/mol. The molecule has 0 amide bonds. The molecule has 0 saturated heterocycles. The zero-order valence-electron chi connectivity index (χ0n) is 11.3. The monoisotopic (exact) mass is 267 g/mol. The number of ether oxygens (including phenoxy) is 1. The zero-order valence-corrected chi connectivity index (χ0v) is 12.1. The highest BCUT2D eigenvalue weighted by molar-refractivity contribution is 8.00. The summed E-state index contributed by atoms with van der Waals surface area (Å²) in [5, 5.41) is 3.39. The van der Waals surface area contributed by atoms with E-state index in [9.17, 15) is 4.79 Å². The first-order chi connectivity index (χ1) is 8.67. The number of methoxy groups -OCH3 is 1. The molecule has 18 heavy (non-hydrogen) atoms. The Morgan fingerprint density at radius 2 is 2.22 bits per heavy atom. The molecule has 0 atom stereocenters. The predicted octanol–water partition coefficient (Wildman–Crippen LogP) is 2.76. The fourth-order valence-corrected chi connectivity index (χ4v) is 2.45. The summed E-state index contributed by atoms with van der Waals surface area (Å²) in [6, 6.07) is 6.32. The number of aryl methyl sites for hydroxylation is 1. The van der Waals surface area contributed by atoms with E-state index in [1.54, 1.807) is 0 Å². The molecule has 1 rings (SSSR count). The molecule has 1 aromatic carbocycles. The highest BCUT2D eigenvalue weighted by atomic mass is 32.2. The maximum atomic E-state index is 11.2. The Hall–Kier alpha value is -1.00. The molecular weight excluding hydrogens is 246 g/mol. The van der Waals surface area contributed by atoms with E-state index in [1.807, 2.05) is 0 Å². The van der Waals surface area contributed by atoms with Gasteiger partial charge in [-0.3, -0.25) is 4.79 Å². The minimum Gasteiger partial charge on any atom is -0.468 e. The first-order valence-corrected chi connectivity index (χ1v) is 7.15. The predicted molar refractivity (Wildman–Crippen MR) is 75.9 cm³/mol. The first kappa shape index (κ1) is 15.1. The van der Waals surface area contributed by atoms with E-state index >= 15 is 0 Å². The van der Waals surface area contributed by atoms with Crippen LogP contribution in [-0.2, 0) is 16.1 Å². The SMILES string of the molecule is CCCNCc1cc(C)ccc1SCC(=O)OC. The number of benzene rings is 1. The van der Waals surface area contributed by atoms with Gasteiger partial charge in [-0.1, -0.05) is 24.6 Å². The Labute approximate surface area is 113 Å². The summed E-state index contributed by atoms with van der Waals surface area (Å²) in [5.41, 5.74) is 2.49. The van der Waals surface area contributed by atoms with E-state index in [0.717, 1.165) is 24.4 Å². The Balaban J connectivity index is 2.66. The lowest BCUT2D eigenvalue weighted by atomic mass is 10.1. The van der Waals surface area contributed by atoms with Crippen molar-refractivity contribution in [2.45, 2.75) is 31.7 Å². The molecule has 3 nitrogen and oxygen atoms in total. The molecule has 4 heteroatoms. The van der Waals surface area contributed by atoms with Crippen LogP contribution >= 0.6 is 11.8 Å². The van der Waals surface area contributed by atoms with Crippen LogP contribution in [0.5, 0.6) is 0 Å². The van der Waals surface area contributed by atoms with Crippen molar-refractivity contribution in [1.29, 1.82) is 0 Å². The van der Waals surface area contributed by atoms with Crippen LogP contribution in [0, 0.1) is 6.92 Å². The van der Waals surface area contributed by atoms with Crippen molar-refractivity contribution in [2.75, 3.05) is 19.4 Å². The van der Waals surface area contributed by atoms with E-state index < -0.39 is 0 Å². The van der Waals surface area contributed by atoms with Crippen LogP contribution in [0.1, 0.15) is 24.5 Å². The van der Waals surface area contributed by atoms with Crippen LogP contribution in [0.15, 0.2) is 23.1 Å². The van der Waals surface area contributed by atoms with Crippen LogP contribution in [0.25, 0.3) is 0 Å². The minimum atomic E-state index is -0.187. The highest BCUT2D eigenvalue weighted by Gasteiger charge is 2.07. The standard InChI is InChI=1S/C14H21NO2S/c1-4-7-15-9-12-8-11(2)5-6-13(12)18-10-14(16)17-3/h5-6,8,15H,4,7,9-10H2,1-3H3. The van der Waals surface area contributed by atoms with Gasteiger partial charge in [0.1, 0.15) is 0 Å². The summed E-state index contributed by atoms with van der Waals surface area (Å²) in [6.45, 7) is 6.09. The van der Waals surface area contributed by atoms with Crippen molar-refractivity contribution in [2.24, 2.45) is 0 Å². The third kappa shape index (κ3) is 5.10. The summed E-state index contributed by atoms with van der Waals surface area (Å²) in [7, 11) is 1.42. The van der Waals surface area contributed by atoms with E-state index in [1.165, 1.54) is 30.0 Å². The number of hydrogen-bond acceptors (Lipinski definition) is 4. The van der Waals surface area contributed by atoms with Gasteiger partial charge in [-0.05, 0) is 31.5 Å². The molecule has 1 aromatic rings. The van der Waals surface area contributed by atoms with Crippen molar-refractivity contribution in [1.82, 2.24) is 5.32 Å². The molecule has 0 bridgehead atoms. The summed E-state index contributed by atoms with van der Waals surface area (Å²) in [6.07, 6.45) is 1.12. The zero-order chi connectivity index (χ0) is 13.4. The molecule has 0 aromatic heterocycles. The molecule has 0 fully saturated rings. The van der Waals surface area contributed by atoms with E-state index in [0.29, 0.717) is 5.75 Å². The van der Waals surface area contributed by atoms with Crippen LogP contribution in [-0.4, -0.2) is 25.4 Å². The quantitative estimate of drug-likeness (QED) is 0.468. The van der Waals surface area contributed by atoms with Crippen LogP contribution < -0.4 is 5.32 Å². The molecule has 0 unspecified atom stereocenters. The topological polar surface area (TPSA) is 38.3 Å². The van der Waals surface area contributed by atoms with Gasteiger partial charge in [-0.2, -0.15) is 0 Å². The Kier molecular flexibility index (Phi) is 6.83. The van der Waals surface area contributed by atoms with E-state index in [2.05, 4.69) is 42.1 Å². The number of carbonyl (C=O) groups excluding carboxylic acids is 1. The lowest BCUT2D eigenvalue weighted by Gasteiger charge is -2.10. The van der Waals surface area contributed by atoms with E-state index in [4.69, 9.17) is 0 Å². The van der Waals surface area contributed by atoms with Gasteiger partial charge in [-0.25, -0.2) is 0 Å². The number of thioether (sulfide) groups is 1. The van der Waals surface area contributed by atoms with Crippen LogP contribution in [0.3, 0.4) is 0 Å². The van der Waals surface area contributed by atoms with Gasteiger partial charge in [0.2, 0.25) is 0 Å². The molecule has 0 radical (unpaired) electrons. The molecule has 1 N–H and O–H groups in total.